The van der Waals surface area contributed by atoms with Gasteiger partial charge in [0.25, 0.3) is 0 Å². The summed E-state index contributed by atoms with van der Waals surface area (Å²) in [5.74, 6) is -0.0324. The molecule has 0 radical (unpaired) electrons. The molecule has 3 heteroatoms. The topological polar surface area (TPSA) is 41.1 Å². The lowest BCUT2D eigenvalue weighted by Crippen LogP contribution is -2.41. The summed E-state index contributed by atoms with van der Waals surface area (Å²) in [6, 6.07) is 10.0. The van der Waals surface area contributed by atoms with Gasteiger partial charge in [-0.1, -0.05) is 36.4 Å². The largest absolute Gasteiger partial charge is 0.306 e. The second kappa shape index (κ2) is 3.96. The van der Waals surface area contributed by atoms with E-state index in [1.807, 2.05) is 36.4 Å². The van der Waals surface area contributed by atoms with Crippen LogP contribution in [0.2, 0.25) is 0 Å². The van der Waals surface area contributed by atoms with Crippen LogP contribution in [0.25, 0.3) is 0 Å². The van der Waals surface area contributed by atoms with Crippen molar-refractivity contribution in [2.75, 3.05) is 0 Å². The molecule has 0 saturated heterocycles. The maximum atomic E-state index is 11.4. The normalized spacial score (nSPS) is 20.0. The van der Waals surface area contributed by atoms with Crippen molar-refractivity contribution in [1.29, 1.82) is 0 Å². The smallest absolute Gasteiger partial charge is 0.245 e. The summed E-state index contributed by atoms with van der Waals surface area (Å²) in [5.41, 5.74) is 6.43. The molecule has 1 aliphatic heterocycles. The van der Waals surface area contributed by atoms with Gasteiger partial charge in [0.15, 0.2) is 0 Å². The molecule has 0 aromatic heterocycles. The summed E-state index contributed by atoms with van der Waals surface area (Å²) in [4.78, 5) is 11.4. The first-order chi connectivity index (χ1) is 6.86. The zero-order valence-electron chi connectivity index (χ0n) is 7.73. The van der Waals surface area contributed by atoms with Gasteiger partial charge >= 0.3 is 0 Å². The molecule has 2 rings (SSSR count). The first-order valence-corrected chi connectivity index (χ1v) is 4.62. The van der Waals surface area contributed by atoms with E-state index in [0.717, 1.165) is 6.42 Å². The van der Waals surface area contributed by atoms with Crippen LogP contribution in [0.1, 0.15) is 5.56 Å². The molecule has 1 aromatic carbocycles. The highest BCUT2D eigenvalue weighted by Gasteiger charge is 2.17. The second-order valence-corrected chi connectivity index (χ2v) is 3.29. The molecule has 1 heterocycles. The van der Waals surface area contributed by atoms with Gasteiger partial charge in [-0.2, -0.15) is 0 Å². The Kier molecular flexibility index (Phi) is 2.49. The molecule has 1 aromatic rings. The molecule has 2 N–H and O–H groups in total. The summed E-state index contributed by atoms with van der Waals surface area (Å²) < 4.78 is 0. The van der Waals surface area contributed by atoms with Crippen molar-refractivity contribution in [3.05, 3.63) is 48.2 Å². The van der Waals surface area contributed by atoms with Crippen LogP contribution in [0.4, 0.5) is 0 Å². The van der Waals surface area contributed by atoms with Gasteiger partial charge in [-0.15, -0.1) is 0 Å². The highest BCUT2D eigenvalue weighted by Crippen LogP contribution is 2.11. The van der Waals surface area contributed by atoms with Crippen molar-refractivity contribution in [3.63, 3.8) is 0 Å². The number of hydrazine groups is 1. The lowest BCUT2D eigenvalue weighted by molar-refractivity contribution is -0.124. The maximum Gasteiger partial charge on any atom is 0.245 e. The number of benzene rings is 1. The molecule has 1 unspecified atom stereocenters. The Balaban J connectivity index is 2.07. The van der Waals surface area contributed by atoms with E-state index in [1.54, 1.807) is 6.20 Å². The van der Waals surface area contributed by atoms with Crippen LogP contribution in [-0.4, -0.2) is 5.91 Å². The van der Waals surface area contributed by atoms with E-state index in [9.17, 15) is 4.79 Å². The number of carbonyl (C=O) groups is 1. The summed E-state index contributed by atoms with van der Waals surface area (Å²) in [6.07, 6.45) is 4.39. The lowest BCUT2D eigenvalue weighted by atomic mass is 9.98. The van der Waals surface area contributed by atoms with E-state index in [4.69, 9.17) is 0 Å². The quantitative estimate of drug-likeness (QED) is 0.726. The molecule has 0 fully saturated rings. The third-order valence-corrected chi connectivity index (χ3v) is 2.24. The molecule has 0 aliphatic carbocycles. The average molecular weight is 188 g/mol. The third-order valence-electron chi connectivity index (χ3n) is 2.24. The predicted octanol–water partition coefficient (Wildman–Crippen LogP) is 0.993. The van der Waals surface area contributed by atoms with E-state index < -0.39 is 0 Å². The molecule has 1 amide bonds. The molecule has 0 spiro atoms. The van der Waals surface area contributed by atoms with E-state index in [0.29, 0.717) is 0 Å². The van der Waals surface area contributed by atoms with Crippen molar-refractivity contribution < 1.29 is 4.79 Å². The molecule has 14 heavy (non-hydrogen) atoms. The van der Waals surface area contributed by atoms with Crippen molar-refractivity contribution in [3.8, 4) is 0 Å². The van der Waals surface area contributed by atoms with E-state index in [1.165, 1.54) is 5.56 Å². The summed E-state index contributed by atoms with van der Waals surface area (Å²) in [6.45, 7) is 0. The van der Waals surface area contributed by atoms with Gasteiger partial charge in [0.1, 0.15) is 0 Å². The van der Waals surface area contributed by atoms with Gasteiger partial charge in [-0.3, -0.25) is 10.2 Å². The van der Waals surface area contributed by atoms with Crippen molar-refractivity contribution in [2.24, 2.45) is 5.92 Å². The van der Waals surface area contributed by atoms with Crippen LogP contribution in [0.15, 0.2) is 42.6 Å². The number of hydrogen-bond acceptors (Lipinski definition) is 2. The fourth-order valence-electron chi connectivity index (χ4n) is 1.49. The van der Waals surface area contributed by atoms with E-state index >= 15 is 0 Å². The summed E-state index contributed by atoms with van der Waals surface area (Å²) >= 11 is 0. The Bertz CT molecular complexity index is 346. The highest BCUT2D eigenvalue weighted by molar-refractivity contribution is 5.81. The molecule has 1 aliphatic rings. The SMILES string of the molecule is O=C1NNC=CC1Cc1ccccc1. The average Bonchev–Trinajstić information content (AvgIpc) is 2.23. The van der Waals surface area contributed by atoms with Gasteiger partial charge in [0.2, 0.25) is 5.91 Å². The third kappa shape index (κ3) is 1.93. The van der Waals surface area contributed by atoms with Gasteiger partial charge in [-0.25, -0.2) is 0 Å². The first kappa shape index (κ1) is 8.81. The fraction of sp³-hybridized carbons (Fsp3) is 0.182. The monoisotopic (exact) mass is 188 g/mol. The zero-order valence-corrected chi connectivity index (χ0v) is 7.73. The van der Waals surface area contributed by atoms with Crippen LogP contribution >= 0.6 is 0 Å². The van der Waals surface area contributed by atoms with Crippen LogP contribution in [0.5, 0.6) is 0 Å². The minimum absolute atomic E-state index is 0.0244. The lowest BCUT2D eigenvalue weighted by Gasteiger charge is -2.17. The number of rotatable bonds is 2. The molecule has 3 nitrogen and oxygen atoms in total. The summed E-state index contributed by atoms with van der Waals surface area (Å²) in [7, 11) is 0. The van der Waals surface area contributed by atoms with Crippen LogP contribution in [0.3, 0.4) is 0 Å². The van der Waals surface area contributed by atoms with Gasteiger partial charge < -0.3 is 5.43 Å². The van der Waals surface area contributed by atoms with Crippen molar-refractivity contribution >= 4 is 5.91 Å². The molecule has 72 valence electrons. The van der Waals surface area contributed by atoms with Crippen LogP contribution < -0.4 is 10.9 Å². The Morgan fingerprint density at radius 3 is 2.71 bits per heavy atom. The highest BCUT2D eigenvalue weighted by atomic mass is 16.2. The van der Waals surface area contributed by atoms with Crippen LogP contribution in [0, 0.1) is 5.92 Å². The number of amides is 1. The van der Waals surface area contributed by atoms with E-state index in [-0.39, 0.29) is 11.8 Å². The molecular weight excluding hydrogens is 176 g/mol. The number of hydrogen-bond donors (Lipinski definition) is 2. The predicted molar refractivity (Wildman–Crippen MR) is 54.1 cm³/mol. The Morgan fingerprint density at radius 2 is 2.00 bits per heavy atom. The Morgan fingerprint density at radius 1 is 1.21 bits per heavy atom. The summed E-state index contributed by atoms with van der Waals surface area (Å²) in [5, 5.41) is 0. The molecule has 1 atom stereocenters. The first-order valence-electron chi connectivity index (χ1n) is 4.62. The minimum Gasteiger partial charge on any atom is -0.306 e. The second-order valence-electron chi connectivity index (χ2n) is 3.29. The minimum atomic E-state index is -0.0568. The molecule has 0 bridgehead atoms. The van der Waals surface area contributed by atoms with E-state index in [2.05, 4.69) is 10.9 Å². The molecule has 0 saturated carbocycles. The molecular formula is C11H12N2O. The Hall–Kier alpha value is -1.77. The zero-order chi connectivity index (χ0) is 9.80. The number of carbonyl (C=O) groups excluding carboxylic acids is 1. The van der Waals surface area contributed by atoms with Crippen molar-refractivity contribution in [2.45, 2.75) is 6.42 Å². The standard InChI is InChI=1S/C11H12N2O/c14-11-10(6-7-12-13-11)8-9-4-2-1-3-5-9/h1-7,10,12H,8H2,(H,13,14). The van der Waals surface area contributed by atoms with Gasteiger partial charge in [0, 0.05) is 6.20 Å². The van der Waals surface area contributed by atoms with Gasteiger partial charge in [0.05, 0.1) is 5.92 Å². The van der Waals surface area contributed by atoms with Crippen molar-refractivity contribution in [1.82, 2.24) is 10.9 Å². The maximum absolute atomic E-state index is 11.4. The fourth-order valence-corrected chi connectivity index (χ4v) is 1.49. The number of nitrogens with one attached hydrogen (secondary N) is 2. The Labute approximate surface area is 82.8 Å². The van der Waals surface area contributed by atoms with Crippen LogP contribution in [-0.2, 0) is 11.2 Å². The van der Waals surface area contributed by atoms with Gasteiger partial charge in [-0.05, 0) is 12.0 Å².